The summed E-state index contributed by atoms with van der Waals surface area (Å²) in [5.74, 6) is 0.847. The highest BCUT2D eigenvalue weighted by atomic mass is 35.5. The van der Waals surface area contributed by atoms with E-state index in [1.807, 2.05) is 32.0 Å². The maximum absolute atomic E-state index is 9.25. The number of rotatable bonds is 4. The molecule has 1 unspecified atom stereocenters. The van der Waals surface area contributed by atoms with E-state index in [1.54, 1.807) is 0 Å². The molecule has 3 nitrogen and oxygen atoms in total. The Morgan fingerprint density at radius 3 is 2.33 bits per heavy atom. The number of aryl methyl sites for hydroxylation is 2. The smallest absolute Gasteiger partial charge is 0.125 e. The zero-order chi connectivity index (χ0) is 10.6. The highest BCUT2D eigenvalue weighted by Gasteiger charge is 2.06. The highest BCUT2D eigenvalue weighted by molar-refractivity contribution is 5.85. The molecule has 0 aromatic heterocycles. The van der Waals surface area contributed by atoms with Crippen LogP contribution in [0.3, 0.4) is 0 Å². The molecule has 0 amide bonds. The summed E-state index contributed by atoms with van der Waals surface area (Å²) in [7, 11) is 0. The van der Waals surface area contributed by atoms with Crippen LogP contribution >= 0.6 is 12.4 Å². The van der Waals surface area contributed by atoms with E-state index in [4.69, 9.17) is 10.5 Å². The Labute approximate surface area is 96.7 Å². The average Bonchev–Trinajstić information content (AvgIpc) is 2.16. The summed E-state index contributed by atoms with van der Waals surface area (Å²) >= 11 is 0. The lowest BCUT2D eigenvalue weighted by molar-refractivity contribution is 0.113. The van der Waals surface area contributed by atoms with Crippen molar-refractivity contribution in [3.05, 3.63) is 29.3 Å². The number of hydrogen-bond acceptors (Lipinski definition) is 3. The molecule has 0 spiro atoms. The van der Waals surface area contributed by atoms with E-state index in [2.05, 4.69) is 0 Å². The van der Waals surface area contributed by atoms with E-state index in [0.29, 0.717) is 0 Å². The van der Waals surface area contributed by atoms with Crippen molar-refractivity contribution in [1.82, 2.24) is 0 Å². The van der Waals surface area contributed by atoms with Crippen LogP contribution in [0.25, 0.3) is 0 Å². The number of aliphatic hydroxyl groups is 1. The molecule has 0 saturated heterocycles. The molecule has 1 atom stereocenters. The number of ether oxygens (including phenoxy) is 1. The van der Waals surface area contributed by atoms with Gasteiger partial charge in [0.1, 0.15) is 18.5 Å². The van der Waals surface area contributed by atoms with E-state index in [9.17, 15) is 5.11 Å². The molecule has 0 bridgehead atoms. The summed E-state index contributed by atoms with van der Waals surface area (Å²) in [6.07, 6.45) is -0.589. The van der Waals surface area contributed by atoms with Crippen molar-refractivity contribution in [2.45, 2.75) is 20.0 Å². The van der Waals surface area contributed by atoms with Gasteiger partial charge in [0.2, 0.25) is 0 Å². The Morgan fingerprint density at radius 1 is 1.33 bits per heavy atom. The van der Waals surface area contributed by atoms with Crippen molar-refractivity contribution < 1.29 is 9.84 Å². The molecule has 0 aliphatic carbocycles. The molecule has 1 aromatic rings. The van der Waals surface area contributed by atoms with Gasteiger partial charge in [0.25, 0.3) is 0 Å². The predicted molar refractivity (Wildman–Crippen MR) is 63.7 cm³/mol. The van der Waals surface area contributed by atoms with Crippen molar-refractivity contribution in [2.24, 2.45) is 5.73 Å². The lowest BCUT2D eigenvalue weighted by Crippen LogP contribution is -2.26. The van der Waals surface area contributed by atoms with E-state index >= 15 is 0 Å². The van der Waals surface area contributed by atoms with Gasteiger partial charge in [-0.2, -0.15) is 0 Å². The lowest BCUT2D eigenvalue weighted by Gasteiger charge is -2.14. The van der Waals surface area contributed by atoms with Crippen LogP contribution in [0.15, 0.2) is 18.2 Å². The highest BCUT2D eigenvalue weighted by Crippen LogP contribution is 2.22. The van der Waals surface area contributed by atoms with Crippen LogP contribution in [0.4, 0.5) is 0 Å². The second-order valence-electron chi connectivity index (χ2n) is 3.42. The van der Waals surface area contributed by atoms with Gasteiger partial charge in [-0.05, 0) is 25.0 Å². The number of halogens is 1. The monoisotopic (exact) mass is 231 g/mol. The van der Waals surface area contributed by atoms with Crippen molar-refractivity contribution in [3.63, 3.8) is 0 Å². The molecule has 0 saturated carbocycles. The molecule has 0 aliphatic heterocycles. The first-order chi connectivity index (χ1) is 6.65. The normalized spacial score (nSPS) is 11.7. The van der Waals surface area contributed by atoms with E-state index in [1.165, 1.54) is 0 Å². The lowest BCUT2D eigenvalue weighted by atomic mass is 10.1. The van der Waals surface area contributed by atoms with Gasteiger partial charge in [-0.15, -0.1) is 12.4 Å². The van der Waals surface area contributed by atoms with Crippen LogP contribution in [-0.4, -0.2) is 24.4 Å². The Balaban J connectivity index is 0.00000196. The van der Waals surface area contributed by atoms with Crippen molar-refractivity contribution in [1.29, 1.82) is 0 Å². The minimum Gasteiger partial charge on any atom is -0.490 e. The predicted octanol–water partition coefficient (Wildman–Crippen LogP) is 1.42. The molecule has 0 aliphatic rings. The van der Waals surface area contributed by atoms with Crippen LogP contribution in [0.5, 0.6) is 5.75 Å². The zero-order valence-electron chi connectivity index (χ0n) is 9.06. The largest absolute Gasteiger partial charge is 0.490 e. The van der Waals surface area contributed by atoms with Crippen molar-refractivity contribution >= 4 is 12.4 Å². The van der Waals surface area contributed by atoms with Crippen LogP contribution in [0.2, 0.25) is 0 Å². The third-order valence-corrected chi connectivity index (χ3v) is 2.10. The summed E-state index contributed by atoms with van der Waals surface area (Å²) in [4.78, 5) is 0. The SMILES string of the molecule is Cc1cccc(C)c1OCC(O)CN.Cl. The van der Waals surface area contributed by atoms with E-state index in [0.717, 1.165) is 16.9 Å². The fourth-order valence-electron chi connectivity index (χ4n) is 1.27. The Hall–Kier alpha value is -0.770. The molecule has 86 valence electrons. The fraction of sp³-hybridized carbons (Fsp3) is 0.455. The first kappa shape index (κ1) is 14.2. The molecule has 3 N–H and O–H groups in total. The Bertz CT molecular complexity index is 284. The minimum absolute atomic E-state index is 0. The molecule has 0 fully saturated rings. The topological polar surface area (TPSA) is 55.5 Å². The van der Waals surface area contributed by atoms with Gasteiger partial charge in [0.15, 0.2) is 0 Å². The number of nitrogens with two attached hydrogens (primary N) is 1. The van der Waals surface area contributed by atoms with Gasteiger partial charge in [-0.25, -0.2) is 0 Å². The summed E-state index contributed by atoms with van der Waals surface area (Å²) in [6, 6.07) is 5.95. The second-order valence-corrected chi connectivity index (χ2v) is 3.42. The zero-order valence-corrected chi connectivity index (χ0v) is 9.88. The summed E-state index contributed by atoms with van der Waals surface area (Å²) in [5, 5.41) is 9.25. The number of benzene rings is 1. The fourth-order valence-corrected chi connectivity index (χ4v) is 1.27. The first-order valence-electron chi connectivity index (χ1n) is 4.72. The minimum atomic E-state index is -0.589. The van der Waals surface area contributed by atoms with Crippen LogP contribution in [0, 0.1) is 13.8 Å². The molecular weight excluding hydrogens is 214 g/mol. The number of aliphatic hydroxyl groups excluding tert-OH is 1. The first-order valence-corrected chi connectivity index (χ1v) is 4.72. The molecule has 4 heteroatoms. The van der Waals surface area contributed by atoms with Crippen molar-refractivity contribution in [2.75, 3.05) is 13.2 Å². The molecule has 1 aromatic carbocycles. The Kier molecular flexibility index (Phi) is 6.32. The molecule has 1 rings (SSSR count). The van der Waals surface area contributed by atoms with Gasteiger partial charge < -0.3 is 15.6 Å². The summed E-state index contributed by atoms with van der Waals surface area (Å²) in [5.41, 5.74) is 7.44. The molecule has 0 heterocycles. The third-order valence-electron chi connectivity index (χ3n) is 2.10. The van der Waals surface area contributed by atoms with Gasteiger partial charge in [-0.3, -0.25) is 0 Å². The summed E-state index contributed by atoms with van der Waals surface area (Å²) in [6.45, 7) is 4.45. The van der Waals surface area contributed by atoms with Crippen LogP contribution in [0.1, 0.15) is 11.1 Å². The third kappa shape index (κ3) is 4.08. The average molecular weight is 232 g/mol. The van der Waals surface area contributed by atoms with Gasteiger partial charge >= 0.3 is 0 Å². The maximum Gasteiger partial charge on any atom is 0.125 e. The van der Waals surface area contributed by atoms with Gasteiger partial charge in [-0.1, -0.05) is 18.2 Å². The number of hydrogen-bond donors (Lipinski definition) is 2. The van der Waals surface area contributed by atoms with E-state index < -0.39 is 6.10 Å². The second kappa shape index (κ2) is 6.67. The molecular formula is C11H18ClNO2. The molecule has 0 radical (unpaired) electrons. The van der Waals surface area contributed by atoms with Crippen LogP contribution in [-0.2, 0) is 0 Å². The van der Waals surface area contributed by atoms with E-state index in [-0.39, 0.29) is 25.6 Å². The Morgan fingerprint density at radius 2 is 1.87 bits per heavy atom. The number of para-hydroxylation sites is 1. The maximum atomic E-state index is 9.25. The van der Waals surface area contributed by atoms with Crippen molar-refractivity contribution in [3.8, 4) is 5.75 Å². The standard InChI is InChI=1S/C11H17NO2.ClH/c1-8-4-3-5-9(2)11(8)14-7-10(13)6-12;/h3-5,10,13H,6-7,12H2,1-2H3;1H. The van der Waals surface area contributed by atoms with Gasteiger partial charge in [0, 0.05) is 6.54 Å². The summed E-state index contributed by atoms with van der Waals surface area (Å²) < 4.78 is 5.49. The van der Waals surface area contributed by atoms with Gasteiger partial charge in [0.05, 0.1) is 0 Å². The molecule has 15 heavy (non-hydrogen) atoms. The van der Waals surface area contributed by atoms with Crippen LogP contribution < -0.4 is 10.5 Å². The quantitative estimate of drug-likeness (QED) is 0.824.